The van der Waals surface area contributed by atoms with Gasteiger partial charge in [0.1, 0.15) is 4.33 Å². The molecule has 4 heteroatoms. The number of aliphatic carboxylic acids is 1. The maximum atomic E-state index is 10.1. The molecule has 1 fully saturated rings. The molecule has 2 nitrogen and oxygen atoms in total. The van der Waals surface area contributed by atoms with Gasteiger partial charge in [-0.2, -0.15) is 0 Å². The summed E-state index contributed by atoms with van der Waals surface area (Å²) < 4.78 is -0.744. The molecule has 0 saturated heterocycles. The Morgan fingerprint density at radius 2 is 2.09 bits per heavy atom. The number of hydrogen-bond acceptors (Lipinski definition) is 1. The second-order valence-corrected chi connectivity index (χ2v) is 4.13. The van der Waals surface area contributed by atoms with Crippen LogP contribution >= 0.6 is 23.2 Å². The molecule has 0 heterocycles. The highest BCUT2D eigenvalue weighted by Crippen LogP contribution is 2.59. The lowest BCUT2D eigenvalue weighted by Crippen LogP contribution is -1.90. The summed E-state index contributed by atoms with van der Waals surface area (Å²) >= 11 is 11.5. The Bertz CT molecular complexity index is 210. The SMILES string of the molecule is C[C@H]1[C@H](/C=C/C(=O)O)C1(Cl)Cl. The lowest BCUT2D eigenvalue weighted by Gasteiger charge is -1.89. The Balaban J connectivity index is 2.50. The van der Waals surface area contributed by atoms with Gasteiger partial charge in [0.2, 0.25) is 0 Å². The van der Waals surface area contributed by atoms with Gasteiger partial charge in [-0.1, -0.05) is 13.0 Å². The molecule has 0 radical (unpaired) electrons. The third-order valence-electron chi connectivity index (χ3n) is 1.93. The van der Waals surface area contributed by atoms with Gasteiger partial charge in [-0.3, -0.25) is 0 Å². The standard InChI is InChI=1S/C7H8Cl2O2/c1-4-5(7(4,8)9)2-3-6(10)11/h2-5H,1H3,(H,10,11)/b3-2+/t4-,5-/m0/s1. The molecule has 2 atom stereocenters. The second kappa shape index (κ2) is 2.68. The fourth-order valence-corrected chi connectivity index (χ4v) is 1.66. The van der Waals surface area contributed by atoms with E-state index in [1.807, 2.05) is 6.92 Å². The molecule has 1 aliphatic rings. The van der Waals surface area contributed by atoms with E-state index in [0.717, 1.165) is 6.08 Å². The fourth-order valence-electron chi connectivity index (χ4n) is 0.991. The monoisotopic (exact) mass is 194 g/mol. The van der Waals surface area contributed by atoms with E-state index in [-0.39, 0.29) is 11.8 Å². The molecule has 0 aromatic heterocycles. The fraction of sp³-hybridized carbons (Fsp3) is 0.571. The van der Waals surface area contributed by atoms with E-state index < -0.39 is 10.3 Å². The molecule has 62 valence electrons. The lowest BCUT2D eigenvalue weighted by molar-refractivity contribution is -0.131. The lowest BCUT2D eigenvalue weighted by atomic mass is 10.3. The van der Waals surface area contributed by atoms with Crippen LogP contribution in [0.5, 0.6) is 0 Å². The van der Waals surface area contributed by atoms with Crippen molar-refractivity contribution in [2.24, 2.45) is 11.8 Å². The quantitative estimate of drug-likeness (QED) is 0.540. The molecule has 1 N–H and O–H groups in total. The Kier molecular flexibility index (Phi) is 2.17. The van der Waals surface area contributed by atoms with Crippen molar-refractivity contribution < 1.29 is 9.90 Å². The van der Waals surface area contributed by atoms with E-state index in [1.54, 1.807) is 0 Å². The second-order valence-electron chi connectivity index (χ2n) is 2.69. The molecule has 1 aliphatic carbocycles. The largest absolute Gasteiger partial charge is 0.478 e. The highest BCUT2D eigenvalue weighted by Gasteiger charge is 2.58. The van der Waals surface area contributed by atoms with Gasteiger partial charge in [-0.25, -0.2) is 4.79 Å². The minimum Gasteiger partial charge on any atom is -0.478 e. The van der Waals surface area contributed by atoms with Crippen molar-refractivity contribution in [1.29, 1.82) is 0 Å². The number of carboxylic acids is 1. The van der Waals surface area contributed by atoms with Gasteiger partial charge in [0.25, 0.3) is 0 Å². The first-order valence-corrected chi connectivity index (χ1v) is 4.01. The van der Waals surface area contributed by atoms with Gasteiger partial charge in [0.05, 0.1) is 0 Å². The molecule has 1 saturated carbocycles. The molecule has 0 aromatic carbocycles. The van der Waals surface area contributed by atoms with Crippen LogP contribution in [0.4, 0.5) is 0 Å². The molecule has 0 spiro atoms. The first-order valence-electron chi connectivity index (χ1n) is 3.25. The minimum absolute atomic E-state index is 0.0121. The zero-order valence-electron chi connectivity index (χ0n) is 5.92. The van der Waals surface area contributed by atoms with Crippen LogP contribution in [-0.2, 0) is 4.79 Å². The van der Waals surface area contributed by atoms with E-state index >= 15 is 0 Å². The Morgan fingerprint density at radius 1 is 1.64 bits per heavy atom. The van der Waals surface area contributed by atoms with Crippen LogP contribution in [0.15, 0.2) is 12.2 Å². The van der Waals surface area contributed by atoms with Crippen LogP contribution in [-0.4, -0.2) is 15.4 Å². The van der Waals surface area contributed by atoms with E-state index in [0.29, 0.717) is 0 Å². The summed E-state index contributed by atoms with van der Waals surface area (Å²) in [4.78, 5) is 10.1. The molecule has 0 aromatic rings. The van der Waals surface area contributed by atoms with Crippen LogP contribution in [0.3, 0.4) is 0 Å². The molecular weight excluding hydrogens is 187 g/mol. The summed E-state index contributed by atoms with van der Waals surface area (Å²) in [6.45, 7) is 1.89. The Labute approximate surface area is 74.8 Å². The average Bonchev–Trinajstić information content (AvgIpc) is 2.30. The predicted octanol–water partition coefficient (Wildman–Crippen LogP) is 2.07. The predicted molar refractivity (Wildman–Crippen MR) is 43.9 cm³/mol. The van der Waals surface area contributed by atoms with E-state index in [4.69, 9.17) is 28.3 Å². The summed E-state index contributed by atoms with van der Waals surface area (Å²) in [5.41, 5.74) is 0. The van der Waals surface area contributed by atoms with Crippen LogP contribution in [0, 0.1) is 11.8 Å². The van der Waals surface area contributed by atoms with Crippen molar-refractivity contribution in [2.75, 3.05) is 0 Å². The maximum Gasteiger partial charge on any atom is 0.327 e. The minimum atomic E-state index is -0.965. The molecular formula is C7H8Cl2O2. The molecule has 11 heavy (non-hydrogen) atoms. The molecule has 0 amide bonds. The third-order valence-corrected chi connectivity index (χ3v) is 3.12. The van der Waals surface area contributed by atoms with Crippen molar-refractivity contribution >= 4 is 29.2 Å². The number of rotatable bonds is 2. The van der Waals surface area contributed by atoms with Crippen molar-refractivity contribution in [3.63, 3.8) is 0 Å². The van der Waals surface area contributed by atoms with E-state index in [1.165, 1.54) is 6.08 Å². The third kappa shape index (κ3) is 1.68. The van der Waals surface area contributed by atoms with E-state index in [2.05, 4.69) is 0 Å². The first kappa shape index (κ1) is 8.88. The molecule has 1 rings (SSSR count). The van der Waals surface area contributed by atoms with Gasteiger partial charge in [-0.05, 0) is 5.92 Å². The van der Waals surface area contributed by atoms with Crippen molar-refractivity contribution in [1.82, 2.24) is 0 Å². The van der Waals surface area contributed by atoms with Gasteiger partial charge < -0.3 is 5.11 Å². The molecule has 0 bridgehead atoms. The number of carbonyl (C=O) groups is 1. The van der Waals surface area contributed by atoms with Crippen LogP contribution in [0.25, 0.3) is 0 Å². The number of hydrogen-bond donors (Lipinski definition) is 1. The van der Waals surface area contributed by atoms with Gasteiger partial charge in [-0.15, -0.1) is 23.2 Å². The number of halogens is 2. The Hall–Kier alpha value is -0.210. The summed E-state index contributed by atoms with van der Waals surface area (Å²) in [6, 6.07) is 0. The van der Waals surface area contributed by atoms with Crippen LogP contribution < -0.4 is 0 Å². The zero-order chi connectivity index (χ0) is 8.65. The molecule has 0 aliphatic heterocycles. The highest BCUT2D eigenvalue weighted by atomic mass is 35.5. The average molecular weight is 195 g/mol. The van der Waals surface area contributed by atoms with Gasteiger partial charge in [0.15, 0.2) is 0 Å². The highest BCUT2D eigenvalue weighted by molar-refractivity contribution is 6.51. The summed E-state index contributed by atoms with van der Waals surface area (Å²) in [6.07, 6.45) is 2.61. The molecule has 0 unspecified atom stereocenters. The topological polar surface area (TPSA) is 37.3 Å². The van der Waals surface area contributed by atoms with Crippen molar-refractivity contribution in [3.05, 3.63) is 12.2 Å². The van der Waals surface area contributed by atoms with Crippen LogP contribution in [0.1, 0.15) is 6.92 Å². The zero-order valence-corrected chi connectivity index (χ0v) is 7.43. The smallest absolute Gasteiger partial charge is 0.327 e. The number of alkyl halides is 2. The van der Waals surface area contributed by atoms with Gasteiger partial charge in [0, 0.05) is 12.0 Å². The summed E-state index contributed by atoms with van der Waals surface area (Å²) in [5.74, 6) is -0.823. The normalized spacial score (nSPS) is 34.1. The number of carboxylic acid groups (broad SMARTS) is 1. The van der Waals surface area contributed by atoms with Crippen molar-refractivity contribution in [2.45, 2.75) is 11.3 Å². The van der Waals surface area contributed by atoms with Crippen LogP contribution in [0.2, 0.25) is 0 Å². The summed E-state index contributed by atoms with van der Waals surface area (Å²) in [7, 11) is 0. The van der Waals surface area contributed by atoms with Crippen molar-refractivity contribution in [3.8, 4) is 0 Å². The Morgan fingerprint density at radius 3 is 2.36 bits per heavy atom. The van der Waals surface area contributed by atoms with Gasteiger partial charge >= 0.3 is 5.97 Å². The summed E-state index contributed by atoms with van der Waals surface area (Å²) in [5, 5.41) is 8.27. The van der Waals surface area contributed by atoms with E-state index in [9.17, 15) is 4.79 Å². The maximum absolute atomic E-state index is 10.1. The number of allylic oxidation sites excluding steroid dienone is 1. The first-order chi connectivity index (χ1) is 4.96.